The molecule has 1 heterocycles. The predicted octanol–water partition coefficient (Wildman–Crippen LogP) is 1.59. The third kappa shape index (κ3) is 3.24. The van der Waals surface area contributed by atoms with E-state index in [2.05, 4.69) is 18.9 Å². The minimum absolute atomic E-state index is 0.0943. The second kappa shape index (κ2) is 5.89. The fourth-order valence-electron chi connectivity index (χ4n) is 1.94. The van der Waals surface area contributed by atoms with E-state index in [0.717, 1.165) is 24.5 Å². The van der Waals surface area contributed by atoms with Gasteiger partial charge in [0.25, 0.3) is 0 Å². The van der Waals surface area contributed by atoms with Crippen molar-refractivity contribution < 1.29 is 4.79 Å². The summed E-state index contributed by atoms with van der Waals surface area (Å²) in [5.74, 6) is 0.566. The molecule has 2 N–H and O–H groups in total. The number of carbonyl (C=O) groups is 1. The molecule has 1 rings (SSSR count). The molecule has 5 nitrogen and oxygen atoms in total. The first-order valence-corrected chi connectivity index (χ1v) is 6.44. The normalized spacial score (nSPS) is 11.0. The van der Waals surface area contributed by atoms with E-state index in [9.17, 15) is 4.79 Å². The van der Waals surface area contributed by atoms with Gasteiger partial charge in [-0.3, -0.25) is 9.48 Å². The van der Waals surface area contributed by atoms with Gasteiger partial charge in [0.2, 0.25) is 5.91 Å². The number of nitrogens with two attached hydrogens (primary N) is 1. The summed E-state index contributed by atoms with van der Waals surface area (Å²) in [6, 6.07) is 0. The van der Waals surface area contributed by atoms with Crippen LogP contribution in [0.25, 0.3) is 0 Å². The monoisotopic (exact) mass is 252 g/mol. The Bertz CT molecular complexity index is 423. The third-order valence-electron chi connectivity index (χ3n) is 3.04. The quantitative estimate of drug-likeness (QED) is 0.865. The lowest BCUT2D eigenvalue weighted by atomic mass is 10.2. The first-order valence-electron chi connectivity index (χ1n) is 6.44. The van der Waals surface area contributed by atoms with Crippen molar-refractivity contribution in [2.75, 3.05) is 18.8 Å². The Balaban J connectivity index is 2.76. The summed E-state index contributed by atoms with van der Waals surface area (Å²) in [6.45, 7) is 11.7. The first-order chi connectivity index (χ1) is 8.36. The van der Waals surface area contributed by atoms with Crippen molar-refractivity contribution in [1.29, 1.82) is 0 Å². The molecule has 0 saturated heterocycles. The second-order valence-corrected chi connectivity index (χ2v) is 5.07. The van der Waals surface area contributed by atoms with Crippen molar-refractivity contribution in [3.8, 4) is 0 Å². The van der Waals surface area contributed by atoms with E-state index < -0.39 is 0 Å². The maximum atomic E-state index is 12.2. The van der Waals surface area contributed by atoms with Crippen LogP contribution in [0.3, 0.4) is 0 Å². The average Bonchev–Trinajstić information content (AvgIpc) is 2.53. The molecular weight excluding hydrogens is 228 g/mol. The molecule has 0 aliphatic heterocycles. The molecule has 1 aromatic heterocycles. The molecule has 0 saturated carbocycles. The maximum absolute atomic E-state index is 12.2. The number of hydrogen-bond donors (Lipinski definition) is 1. The molecule has 18 heavy (non-hydrogen) atoms. The predicted molar refractivity (Wildman–Crippen MR) is 73.2 cm³/mol. The topological polar surface area (TPSA) is 64.2 Å². The maximum Gasteiger partial charge on any atom is 0.244 e. The Morgan fingerprint density at radius 2 is 2.06 bits per heavy atom. The minimum atomic E-state index is 0.0943. The van der Waals surface area contributed by atoms with Gasteiger partial charge in [-0.05, 0) is 26.7 Å². The fourth-order valence-corrected chi connectivity index (χ4v) is 1.94. The van der Waals surface area contributed by atoms with Crippen molar-refractivity contribution in [1.82, 2.24) is 14.7 Å². The van der Waals surface area contributed by atoms with Gasteiger partial charge in [0, 0.05) is 13.1 Å². The molecule has 0 aliphatic carbocycles. The number of rotatable bonds is 5. The zero-order chi connectivity index (χ0) is 13.9. The van der Waals surface area contributed by atoms with Crippen LogP contribution in [0, 0.1) is 19.8 Å². The Labute approximate surface area is 109 Å². The zero-order valence-electron chi connectivity index (χ0n) is 12.0. The van der Waals surface area contributed by atoms with E-state index in [-0.39, 0.29) is 12.5 Å². The summed E-state index contributed by atoms with van der Waals surface area (Å²) in [7, 11) is 0. The average molecular weight is 252 g/mol. The van der Waals surface area contributed by atoms with Crippen molar-refractivity contribution in [2.24, 2.45) is 5.92 Å². The summed E-state index contributed by atoms with van der Waals surface area (Å²) in [4.78, 5) is 14.0. The number of aromatic nitrogens is 2. The number of hydrogen-bond acceptors (Lipinski definition) is 3. The molecule has 0 spiro atoms. The van der Waals surface area contributed by atoms with Crippen LogP contribution in [-0.4, -0.2) is 33.7 Å². The Kier molecular flexibility index (Phi) is 4.76. The van der Waals surface area contributed by atoms with Crippen LogP contribution in [0.5, 0.6) is 0 Å². The minimum Gasteiger partial charge on any atom is -0.396 e. The number of nitrogen functional groups attached to an aromatic ring is 1. The highest BCUT2D eigenvalue weighted by Gasteiger charge is 2.16. The van der Waals surface area contributed by atoms with Gasteiger partial charge in [-0.25, -0.2) is 0 Å². The van der Waals surface area contributed by atoms with Crippen molar-refractivity contribution in [2.45, 2.75) is 41.2 Å². The molecule has 0 atom stereocenters. The number of anilines is 1. The standard InChI is InChI=1S/C13H24N4O/c1-6-16(7-9(2)3)12(18)8-17-11(5)13(14)10(4)15-17/h9H,6-8,14H2,1-5H3. The van der Waals surface area contributed by atoms with E-state index in [4.69, 9.17) is 5.73 Å². The SMILES string of the molecule is CCN(CC(C)C)C(=O)Cn1nc(C)c(N)c1C. The molecule has 0 bridgehead atoms. The van der Waals surface area contributed by atoms with Crippen LogP contribution >= 0.6 is 0 Å². The Morgan fingerprint density at radius 3 is 2.44 bits per heavy atom. The van der Waals surface area contributed by atoms with Crippen molar-refractivity contribution in [3.05, 3.63) is 11.4 Å². The number of nitrogens with zero attached hydrogens (tertiary/aromatic N) is 3. The Morgan fingerprint density at radius 1 is 1.44 bits per heavy atom. The molecule has 0 unspecified atom stereocenters. The van der Waals surface area contributed by atoms with E-state index in [1.165, 1.54) is 0 Å². The van der Waals surface area contributed by atoms with Gasteiger partial charge in [-0.1, -0.05) is 13.8 Å². The molecule has 1 aromatic rings. The molecule has 0 radical (unpaired) electrons. The third-order valence-corrected chi connectivity index (χ3v) is 3.04. The van der Waals surface area contributed by atoms with Crippen LogP contribution in [0.4, 0.5) is 5.69 Å². The highest BCUT2D eigenvalue weighted by atomic mass is 16.2. The largest absolute Gasteiger partial charge is 0.396 e. The number of aryl methyl sites for hydroxylation is 1. The highest BCUT2D eigenvalue weighted by Crippen LogP contribution is 2.14. The smallest absolute Gasteiger partial charge is 0.244 e. The lowest BCUT2D eigenvalue weighted by Crippen LogP contribution is -2.36. The molecule has 0 aliphatic rings. The summed E-state index contributed by atoms with van der Waals surface area (Å²) >= 11 is 0. The summed E-state index contributed by atoms with van der Waals surface area (Å²) < 4.78 is 1.69. The van der Waals surface area contributed by atoms with Gasteiger partial charge < -0.3 is 10.6 Å². The van der Waals surface area contributed by atoms with E-state index >= 15 is 0 Å². The number of likely N-dealkylation sites (N-methyl/N-ethyl adjacent to an activating group) is 1. The fraction of sp³-hybridized carbons (Fsp3) is 0.692. The van der Waals surface area contributed by atoms with Crippen molar-refractivity contribution in [3.63, 3.8) is 0 Å². The highest BCUT2D eigenvalue weighted by molar-refractivity contribution is 5.76. The molecule has 1 amide bonds. The zero-order valence-corrected chi connectivity index (χ0v) is 12.0. The van der Waals surface area contributed by atoms with E-state index in [0.29, 0.717) is 11.6 Å². The van der Waals surface area contributed by atoms with Gasteiger partial charge in [0.05, 0.1) is 17.1 Å². The van der Waals surface area contributed by atoms with Gasteiger partial charge in [0.1, 0.15) is 6.54 Å². The van der Waals surface area contributed by atoms with E-state index in [1.807, 2.05) is 25.7 Å². The molecule has 0 fully saturated rings. The molecule has 0 aromatic carbocycles. The van der Waals surface area contributed by atoms with Crippen LogP contribution in [0.1, 0.15) is 32.2 Å². The van der Waals surface area contributed by atoms with Gasteiger partial charge in [-0.2, -0.15) is 5.10 Å². The van der Waals surface area contributed by atoms with Crippen LogP contribution in [0.2, 0.25) is 0 Å². The van der Waals surface area contributed by atoms with Crippen LogP contribution < -0.4 is 5.73 Å². The number of carbonyl (C=O) groups excluding carboxylic acids is 1. The lowest BCUT2D eigenvalue weighted by Gasteiger charge is -2.23. The van der Waals surface area contributed by atoms with Crippen LogP contribution in [0.15, 0.2) is 0 Å². The number of amides is 1. The Hall–Kier alpha value is -1.52. The van der Waals surface area contributed by atoms with Gasteiger partial charge in [-0.15, -0.1) is 0 Å². The summed E-state index contributed by atoms with van der Waals surface area (Å²) in [6.07, 6.45) is 0. The lowest BCUT2D eigenvalue weighted by molar-refractivity contribution is -0.132. The van der Waals surface area contributed by atoms with E-state index in [1.54, 1.807) is 4.68 Å². The molecule has 102 valence electrons. The second-order valence-electron chi connectivity index (χ2n) is 5.07. The summed E-state index contributed by atoms with van der Waals surface area (Å²) in [5, 5.41) is 4.29. The van der Waals surface area contributed by atoms with Crippen LogP contribution in [-0.2, 0) is 11.3 Å². The molecule has 5 heteroatoms. The summed E-state index contributed by atoms with van der Waals surface area (Å²) in [5.41, 5.74) is 8.18. The van der Waals surface area contributed by atoms with Gasteiger partial charge in [0.15, 0.2) is 0 Å². The van der Waals surface area contributed by atoms with Crippen molar-refractivity contribution >= 4 is 11.6 Å². The first kappa shape index (κ1) is 14.5. The molecular formula is C13H24N4O. The van der Waals surface area contributed by atoms with Gasteiger partial charge >= 0.3 is 0 Å².